The molecule has 0 heterocycles. The van der Waals surface area contributed by atoms with Crippen LogP contribution in [0.3, 0.4) is 0 Å². The van der Waals surface area contributed by atoms with Gasteiger partial charge in [-0.15, -0.1) is 0 Å². The Morgan fingerprint density at radius 3 is 2.37 bits per heavy atom. The zero-order valence-electron chi connectivity index (χ0n) is 12.7. The van der Waals surface area contributed by atoms with Gasteiger partial charge in [0.15, 0.2) is 0 Å². The molecule has 0 spiro atoms. The van der Waals surface area contributed by atoms with Crippen molar-refractivity contribution in [3.05, 3.63) is 34.9 Å². The molecule has 0 radical (unpaired) electrons. The number of hydrogen-bond donors (Lipinski definition) is 2. The van der Waals surface area contributed by atoms with E-state index in [0.717, 1.165) is 11.1 Å². The first-order valence-corrected chi connectivity index (χ1v) is 6.47. The lowest BCUT2D eigenvalue weighted by molar-refractivity contribution is -0.126. The van der Waals surface area contributed by atoms with Gasteiger partial charge in [-0.3, -0.25) is 10.2 Å². The summed E-state index contributed by atoms with van der Waals surface area (Å²) in [5.74, 6) is -0.195. The van der Waals surface area contributed by atoms with Crippen LogP contribution in [0.5, 0.6) is 0 Å². The van der Waals surface area contributed by atoms with E-state index in [1.807, 2.05) is 19.1 Å². The molecule has 1 aromatic carbocycles. The quantitative estimate of drug-likeness (QED) is 0.819. The van der Waals surface area contributed by atoms with E-state index in [1.54, 1.807) is 19.1 Å². The second kappa shape index (κ2) is 5.72. The summed E-state index contributed by atoms with van der Waals surface area (Å²) in [5, 5.41) is 1.60. The summed E-state index contributed by atoms with van der Waals surface area (Å²) in [6, 6.07) is 5.51. The predicted octanol–water partition coefficient (Wildman–Crippen LogP) is 1.89. The van der Waals surface area contributed by atoms with E-state index in [9.17, 15) is 4.79 Å². The Bertz CT molecular complexity index is 461. The van der Waals surface area contributed by atoms with E-state index < -0.39 is 6.04 Å². The van der Waals surface area contributed by atoms with Crippen LogP contribution in [0.2, 0.25) is 0 Å². The van der Waals surface area contributed by atoms with Gasteiger partial charge in [0, 0.05) is 14.1 Å². The predicted molar refractivity (Wildman–Crippen MR) is 78.6 cm³/mol. The standard InChI is InChI=1S/C15H25N3O/c1-10-7-8-11(15(2,3)4)9-12(10)13(16)14(19)17-18(5)6/h7-9,13H,16H2,1-6H3,(H,17,19). The topological polar surface area (TPSA) is 58.4 Å². The number of nitrogens with one attached hydrogen (secondary N) is 1. The number of amides is 1. The van der Waals surface area contributed by atoms with E-state index in [0.29, 0.717) is 0 Å². The number of nitrogens with two attached hydrogens (primary N) is 1. The Hall–Kier alpha value is -1.39. The smallest absolute Gasteiger partial charge is 0.255 e. The van der Waals surface area contributed by atoms with Crippen molar-refractivity contribution in [2.24, 2.45) is 5.73 Å². The first-order chi connectivity index (χ1) is 8.62. The normalized spacial score (nSPS) is 13.5. The highest BCUT2D eigenvalue weighted by atomic mass is 16.2. The molecular weight excluding hydrogens is 238 g/mol. The lowest BCUT2D eigenvalue weighted by atomic mass is 9.84. The van der Waals surface area contributed by atoms with Gasteiger partial charge in [0.2, 0.25) is 0 Å². The van der Waals surface area contributed by atoms with Gasteiger partial charge < -0.3 is 5.73 Å². The molecule has 1 unspecified atom stereocenters. The first kappa shape index (κ1) is 15.7. The highest BCUT2D eigenvalue weighted by Crippen LogP contribution is 2.26. The fraction of sp³-hybridized carbons (Fsp3) is 0.533. The van der Waals surface area contributed by atoms with E-state index in [4.69, 9.17) is 5.73 Å². The molecule has 1 aromatic rings. The van der Waals surface area contributed by atoms with Gasteiger partial charge in [-0.2, -0.15) is 0 Å². The number of carbonyl (C=O) groups excluding carboxylic acids is 1. The van der Waals surface area contributed by atoms with Crippen LogP contribution in [0.15, 0.2) is 18.2 Å². The van der Waals surface area contributed by atoms with Gasteiger partial charge in [-0.1, -0.05) is 39.0 Å². The average molecular weight is 263 g/mol. The van der Waals surface area contributed by atoms with Gasteiger partial charge >= 0.3 is 0 Å². The number of rotatable bonds is 3. The molecule has 0 aromatic heterocycles. The van der Waals surface area contributed by atoms with Crippen molar-refractivity contribution in [1.29, 1.82) is 0 Å². The van der Waals surface area contributed by atoms with Crippen LogP contribution < -0.4 is 11.2 Å². The van der Waals surface area contributed by atoms with Crippen molar-refractivity contribution < 1.29 is 4.79 Å². The summed E-state index contributed by atoms with van der Waals surface area (Å²) >= 11 is 0. The molecular formula is C15H25N3O. The summed E-state index contributed by atoms with van der Waals surface area (Å²) in [6.07, 6.45) is 0. The summed E-state index contributed by atoms with van der Waals surface area (Å²) < 4.78 is 0. The van der Waals surface area contributed by atoms with E-state index in [2.05, 4.69) is 32.3 Å². The molecule has 106 valence electrons. The third-order valence-electron chi connectivity index (χ3n) is 3.10. The van der Waals surface area contributed by atoms with Crippen LogP contribution >= 0.6 is 0 Å². The minimum atomic E-state index is -0.648. The monoisotopic (exact) mass is 263 g/mol. The molecule has 0 aliphatic rings. The highest BCUT2D eigenvalue weighted by molar-refractivity contribution is 5.83. The summed E-state index contributed by atoms with van der Waals surface area (Å²) in [4.78, 5) is 12.0. The van der Waals surface area contributed by atoms with Crippen LogP contribution in [-0.2, 0) is 10.2 Å². The van der Waals surface area contributed by atoms with Crippen LogP contribution in [0.4, 0.5) is 0 Å². The van der Waals surface area contributed by atoms with Crippen molar-refractivity contribution in [1.82, 2.24) is 10.4 Å². The Kier molecular flexibility index (Phi) is 4.71. The van der Waals surface area contributed by atoms with Crippen molar-refractivity contribution in [3.8, 4) is 0 Å². The second-order valence-corrected chi connectivity index (χ2v) is 6.17. The minimum Gasteiger partial charge on any atom is -0.316 e. The molecule has 0 fully saturated rings. The van der Waals surface area contributed by atoms with Crippen molar-refractivity contribution in [2.45, 2.75) is 39.2 Å². The lowest BCUT2D eigenvalue weighted by Gasteiger charge is -2.23. The van der Waals surface area contributed by atoms with Crippen LogP contribution in [0, 0.1) is 6.92 Å². The Labute approximate surface area is 115 Å². The molecule has 1 amide bonds. The molecule has 0 aliphatic carbocycles. The minimum absolute atomic E-state index is 0.0419. The molecule has 0 bridgehead atoms. The van der Waals surface area contributed by atoms with Crippen molar-refractivity contribution in [2.75, 3.05) is 14.1 Å². The third-order valence-corrected chi connectivity index (χ3v) is 3.10. The highest BCUT2D eigenvalue weighted by Gasteiger charge is 2.21. The molecule has 0 saturated carbocycles. The van der Waals surface area contributed by atoms with Gasteiger partial charge in [0.25, 0.3) is 5.91 Å². The zero-order valence-corrected chi connectivity index (χ0v) is 12.7. The maximum atomic E-state index is 12.0. The number of benzene rings is 1. The van der Waals surface area contributed by atoms with Gasteiger partial charge in [0.1, 0.15) is 6.04 Å². The SMILES string of the molecule is Cc1ccc(C(C)(C)C)cc1C(N)C(=O)NN(C)C. The summed E-state index contributed by atoms with van der Waals surface area (Å²) in [6.45, 7) is 8.41. The number of hydrogen-bond acceptors (Lipinski definition) is 3. The van der Waals surface area contributed by atoms with Crippen LogP contribution in [-0.4, -0.2) is 25.0 Å². The fourth-order valence-electron chi connectivity index (χ4n) is 1.87. The number of carbonyl (C=O) groups is 1. The van der Waals surface area contributed by atoms with Crippen molar-refractivity contribution >= 4 is 5.91 Å². The van der Waals surface area contributed by atoms with Gasteiger partial charge in [-0.25, -0.2) is 5.01 Å². The molecule has 1 atom stereocenters. The van der Waals surface area contributed by atoms with E-state index in [-0.39, 0.29) is 11.3 Å². The van der Waals surface area contributed by atoms with Gasteiger partial charge in [0.05, 0.1) is 0 Å². The Morgan fingerprint density at radius 1 is 1.32 bits per heavy atom. The second-order valence-electron chi connectivity index (χ2n) is 6.17. The number of nitrogens with zero attached hydrogens (tertiary/aromatic N) is 1. The van der Waals surface area contributed by atoms with E-state index >= 15 is 0 Å². The number of aryl methyl sites for hydroxylation is 1. The molecule has 0 saturated heterocycles. The van der Waals surface area contributed by atoms with Crippen LogP contribution in [0.25, 0.3) is 0 Å². The lowest BCUT2D eigenvalue weighted by Crippen LogP contribution is -2.42. The maximum Gasteiger partial charge on any atom is 0.255 e. The zero-order chi connectivity index (χ0) is 14.8. The third kappa shape index (κ3) is 4.04. The van der Waals surface area contributed by atoms with E-state index in [1.165, 1.54) is 5.56 Å². The maximum absolute atomic E-state index is 12.0. The number of hydrazine groups is 1. The van der Waals surface area contributed by atoms with Gasteiger partial charge in [-0.05, 0) is 29.0 Å². The average Bonchev–Trinajstić information content (AvgIpc) is 2.26. The largest absolute Gasteiger partial charge is 0.316 e. The van der Waals surface area contributed by atoms with Crippen LogP contribution in [0.1, 0.15) is 43.5 Å². The molecule has 3 N–H and O–H groups in total. The molecule has 4 heteroatoms. The first-order valence-electron chi connectivity index (χ1n) is 6.47. The molecule has 4 nitrogen and oxygen atoms in total. The van der Waals surface area contributed by atoms with Crippen molar-refractivity contribution in [3.63, 3.8) is 0 Å². The summed E-state index contributed by atoms with van der Waals surface area (Å²) in [5.41, 5.74) is 11.9. The fourth-order valence-corrected chi connectivity index (χ4v) is 1.87. The molecule has 1 rings (SSSR count). The molecule has 0 aliphatic heterocycles. The Balaban J connectivity index is 3.09. The summed E-state index contributed by atoms with van der Waals surface area (Å²) in [7, 11) is 3.53. The molecule has 19 heavy (non-hydrogen) atoms. The Morgan fingerprint density at radius 2 is 1.89 bits per heavy atom.